The number of benzene rings is 1. The highest BCUT2D eigenvalue weighted by molar-refractivity contribution is 8.00. The van der Waals surface area contributed by atoms with Gasteiger partial charge in [-0.25, -0.2) is 4.98 Å². The summed E-state index contributed by atoms with van der Waals surface area (Å²) < 4.78 is 0. The smallest absolute Gasteiger partial charge is 0.104 e. The van der Waals surface area contributed by atoms with E-state index in [0.717, 1.165) is 15.8 Å². The van der Waals surface area contributed by atoms with Gasteiger partial charge in [0.25, 0.3) is 0 Å². The number of hydrogen-bond donors (Lipinski definition) is 0. The van der Waals surface area contributed by atoms with E-state index in [0.29, 0.717) is 0 Å². The third kappa shape index (κ3) is 2.27. The molecule has 0 N–H and O–H groups in total. The minimum absolute atomic E-state index is 0.0684. The number of fused-ring (bicyclic) bond motifs is 1. The van der Waals surface area contributed by atoms with Gasteiger partial charge in [-0.2, -0.15) is 0 Å². The van der Waals surface area contributed by atoms with E-state index in [1.165, 1.54) is 11.8 Å². The lowest BCUT2D eigenvalue weighted by Crippen LogP contribution is -2.24. The van der Waals surface area contributed by atoms with Crippen molar-refractivity contribution in [3.05, 3.63) is 36.5 Å². The number of carbonyl (C=O) groups excluding carboxylic acids is 1. The lowest BCUT2D eigenvalue weighted by atomic mass is 10.2. The van der Waals surface area contributed by atoms with E-state index < -0.39 is 5.97 Å². The van der Waals surface area contributed by atoms with E-state index in [4.69, 9.17) is 0 Å². The normalized spacial score (nSPS) is 10.4. The van der Waals surface area contributed by atoms with Crippen LogP contribution in [0.2, 0.25) is 0 Å². The molecule has 4 heteroatoms. The number of thioether (sulfide) groups is 1. The zero-order valence-corrected chi connectivity index (χ0v) is 8.66. The molecule has 2 aromatic rings. The Kier molecular flexibility index (Phi) is 2.87. The van der Waals surface area contributed by atoms with Gasteiger partial charge in [0.15, 0.2) is 0 Å². The van der Waals surface area contributed by atoms with Crippen LogP contribution in [0, 0.1) is 0 Å². The van der Waals surface area contributed by atoms with Gasteiger partial charge in [0.1, 0.15) is 5.03 Å². The van der Waals surface area contributed by atoms with Gasteiger partial charge in [-0.1, -0.05) is 36.0 Å². The minimum atomic E-state index is -1.07. The van der Waals surface area contributed by atoms with Crippen LogP contribution in [0.5, 0.6) is 0 Å². The summed E-state index contributed by atoms with van der Waals surface area (Å²) in [5.41, 5.74) is 0. The molecule has 2 rings (SSSR count). The fraction of sp³-hybridized carbons (Fsp3) is 0.0909. The van der Waals surface area contributed by atoms with Gasteiger partial charge in [-0.3, -0.25) is 0 Å². The molecule has 0 spiro atoms. The lowest BCUT2D eigenvalue weighted by molar-refractivity contribution is -0.301. The fourth-order valence-corrected chi connectivity index (χ4v) is 2.07. The molecule has 0 amide bonds. The molecular formula is C11H8NO2S-. The van der Waals surface area contributed by atoms with Gasteiger partial charge in [0, 0.05) is 17.3 Å². The van der Waals surface area contributed by atoms with E-state index >= 15 is 0 Å². The van der Waals surface area contributed by atoms with Gasteiger partial charge in [-0.05, 0) is 11.5 Å². The molecule has 15 heavy (non-hydrogen) atoms. The average Bonchev–Trinajstić information content (AvgIpc) is 2.26. The maximum atomic E-state index is 10.3. The molecule has 0 unspecified atom stereocenters. The van der Waals surface area contributed by atoms with Crippen molar-refractivity contribution in [1.29, 1.82) is 0 Å². The van der Waals surface area contributed by atoms with Gasteiger partial charge in [0.2, 0.25) is 0 Å². The number of aliphatic carboxylic acids is 1. The number of carboxylic acid groups (broad SMARTS) is 1. The summed E-state index contributed by atoms with van der Waals surface area (Å²) in [5, 5.41) is 13.1. The third-order valence-electron chi connectivity index (χ3n) is 1.96. The number of aromatic nitrogens is 1. The van der Waals surface area contributed by atoms with Gasteiger partial charge >= 0.3 is 0 Å². The van der Waals surface area contributed by atoms with Crippen molar-refractivity contribution in [2.75, 3.05) is 5.75 Å². The van der Waals surface area contributed by atoms with E-state index in [1.807, 2.05) is 30.3 Å². The molecule has 0 saturated heterocycles. The zero-order valence-electron chi connectivity index (χ0n) is 7.84. The summed E-state index contributed by atoms with van der Waals surface area (Å²) >= 11 is 1.18. The number of rotatable bonds is 3. The van der Waals surface area contributed by atoms with Crippen LogP contribution in [0.3, 0.4) is 0 Å². The molecular weight excluding hydrogens is 210 g/mol. The Balaban J connectivity index is 2.38. The molecule has 3 nitrogen and oxygen atoms in total. The van der Waals surface area contributed by atoms with Gasteiger partial charge in [-0.15, -0.1) is 0 Å². The standard InChI is InChI=1S/C11H9NO2S/c13-10(14)7-15-11-9-4-2-1-3-8(9)5-6-12-11/h1-6H,7H2,(H,13,14)/p-1. The summed E-state index contributed by atoms with van der Waals surface area (Å²) in [6, 6.07) is 9.65. The van der Waals surface area contributed by atoms with Crippen LogP contribution < -0.4 is 5.11 Å². The second kappa shape index (κ2) is 4.31. The van der Waals surface area contributed by atoms with E-state index in [-0.39, 0.29) is 5.75 Å². The number of hydrogen-bond acceptors (Lipinski definition) is 4. The van der Waals surface area contributed by atoms with Crippen LogP contribution >= 0.6 is 11.8 Å². The Labute approximate surface area is 91.1 Å². The SMILES string of the molecule is O=C([O-])CSc1nccc2ccccc12. The molecule has 0 atom stereocenters. The molecule has 0 aliphatic carbocycles. The van der Waals surface area contributed by atoms with Crippen LogP contribution in [-0.2, 0) is 4.79 Å². The predicted molar refractivity (Wildman–Crippen MR) is 57.5 cm³/mol. The zero-order chi connectivity index (χ0) is 10.7. The van der Waals surface area contributed by atoms with Crippen molar-refractivity contribution in [1.82, 2.24) is 4.98 Å². The topological polar surface area (TPSA) is 53.0 Å². The van der Waals surface area contributed by atoms with Crippen LogP contribution in [0.4, 0.5) is 0 Å². The minimum Gasteiger partial charge on any atom is -0.549 e. The Morgan fingerprint density at radius 2 is 2.13 bits per heavy atom. The Morgan fingerprint density at radius 1 is 1.33 bits per heavy atom. The Hall–Kier alpha value is -1.55. The monoisotopic (exact) mass is 218 g/mol. The molecule has 1 aromatic heterocycles. The quantitative estimate of drug-likeness (QED) is 0.723. The van der Waals surface area contributed by atoms with Crippen molar-refractivity contribution in [3.8, 4) is 0 Å². The van der Waals surface area contributed by atoms with Crippen molar-refractivity contribution >= 4 is 28.5 Å². The highest BCUT2D eigenvalue weighted by Crippen LogP contribution is 2.24. The summed E-state index contributed by atoms with van der Waals surface area (Å²) in [5.74, 6) is -1.14. The number of pyridine rings is 1. The summed E-state index contributed by atoms with van der Waals surface area (Å²) in [4.78, 5) is 14.5. The molecule has 0 bridgehead atoms. The number of carbonyl (C=O) groups is 1. The molecule has 0 radical (unpaired) electrons. The first-order valence-electron chi connectivity index (χ1n) is 4.44. The largest absolute Gasteiger partial charge is 0.549 e. The second-order valence-electron chi connectivity index (χ2n) is 3.00. The van der Waals surface area contributed by atoms with Crippen LogP contribution in [0.1, 0.15) is 0 Å². The number of carboxylic acids is 1. The first-order valence-corrected chi connectivity index (χ1v) is 5.42. The van der Waals surface area contributed by atoms with Crippen LogP contribution in [0.15, 0.2) is 41.6 Å². The Morgan fingerprint density at radius 3 is 2.93 bits per heavy atom. The van der Waals surface area contributed by atoms with Crippen molar-refractivity contribution in [3.63, 3.8) is 0 Å². The molecule has 1 heterocycles. The third-order valence-corrected chi connectivity index (χ3v) is 2.94. The average molecular weight is 218 g/mol. The first-order chi connectivity index (χ1) is 7.27. The molecule has 0 aliphatic rings. The highest BCUT2D eigenvalue weighted by Gasteiger charge is 2.01. The molecule has 0 saturated carbocycles. The van der Waals surface area contributed by atoms with E-state index in [2.05, 4.69) is 4.98 Å². The van der Waals surface area contributed by atoms with E-state index in [1.54, 1.807) is 6.20 Å². The van der Waals surface area contributed by atoms with Crippen molar-refractivity contribution in [2.45, 2.75) is 5.03 Å². The maximum Gasteiger partial charge on any atom is 0.104 e. The van der Waals surface area contributed by atoms with E-state index in [9.17, 15) is 9.90 Å². The first kappa shape index (κ1) is 9.98. The number of nitrogens with zero attached hydrogens (tertiary/aromatic N) is 1. The fourth-order valence-electron chi connectivity index (χ4n) is 1.33. The van der Waals surface area contributed by atoms with Crippen LogP contribution in [0.25, 0.3) is 10.8 Å². The molecule has 76 valence electrons. The molecule has 1 aromatic carbocycles. The molecule has 0 fully saturated rings. The Bertz CT molecular complexity index is 493. The van der Waals surface area contributed by atoms with Crippen molar-refractivity contribution in [2.24, 2.45) is 0 Å². The van der Waals surface area contributed by atoms with Crippen molar-refractivity contribution < 1.29 is 9.90 Å². The summed E-state index contributed by atoms with van der Waals surface area (Å²) in [7, 11) is 0. The lowest BCUT2D eigenvalue weighted by Gasteiger charge is -2.05. The van der Waals surface area contributed by atoms with Gasteiger partial charge in [0.05, 0.1) is 5.97 Å². The summed E-state index contributed by atoms with van der Waals surface area (Å²) in [6.07, 6.45) is 1.68. The predicted octanol–water partition coefficient (Wildman–Crippen LogP) is 1.08. The van der Waals surface area contributed by atoms with Crippen LogP contribution in [-0.4, -0.2) is 16.7 Å². The summed E-state index contributed by atoms with van der Waals surface area (Å²) in [6.45, 7) is 0. The maximum absolute atomic E-state index is 10.3. The molecule has 0 aliphatic heterocycles. The second-order valence-corrected chi connectivity index (χ2v) is 3.96. The van der Waals surface area contributed by atoms with Gasteiger partial charge < -0.3 is 9.90 Å². The highest BCUT2D eigenvalue weighted by atomic mass is 32.2.